The van der Waals surface area contributed by atoms with Crippen LogP contribution in [0.2, 0.25) is 0 Å². The number of ether oxygens (including phenoxy) is 2. The summed E-state index contributed by atoms with van der Waals surface area (Å²) >= 11 is 1.43. The fourth-order valence-corrected chi connectivity index (χ4v) is 5.45. The number of benzene rings is 3. The van der Waals surface area contributed by atoms with Gasteiger partial charge >= 0.3 is 0 Å². The summed E-state index contributed by atoms with van der Waals surface area (Å²) in [6.45, 7) is 2.13. The molecule has 0 fully saturated rings. The Labute approximate surface area is 230 Å². The van der Waals surface area contributed by atoms with Crippen molar-refractivity contribution in [3.05, 3.63) is 100 Å². The smallest absolute Gasteiger partial charge is 0.263 e. The zero-order valence-corrected chi connectivity index (χ0v) is 22.8. The van der Waals surface area contributed by atoms with E-state index in [1.807, 2.05) is 53.9 Å². The van der Waals surface area contributed by atoms with Gasteiger partial charge in [0.25, 0.3) is 5.56 Å². The molecule has 5 aromatic rings. The van der Waals surface area contributed by atoms with Gasteiger partial charge in [-0.3, -0.25) is 14.2 Å². The van der Waals surface area contributed by atoms with Crippen LogP contribution in [0, 0.1) is 0 Å². The first-order valence-electron chi connectivity index (χ1n) is 12.6. The Hall–Kier alpha value is -4.43. The lowest BCUT2D eigenvalue weighted by molar-refractivity contribution is -0.123. The van der Waals surface area contributed by atoms with Gasteiger partial charge in [-0.15, -0.1) is 11.3 Å². The van der Waals surface area contributed by atoms with Crippen molar-refractivity contribution >= 4 is 27.5 Å². The van der Waals surface area contributed by atoms with Gasteiger partial charge in [-0.05, 0) is 47.7 Å². The monoisotopic (exact) mass is 539 g/mol. The number of rotatable bonds is 9. The molecule has 0 aliphatic heterocycles. The predicted molar refractivity (Wildman–Crippen MR) is 156 cm³/mol. The van der Waals surface area contributed by atoms with Crippen molar-refractivity contribution in [3.8, 4) is 33.8 Å². The zero-order valence-electron chi connectivity index (χ0n) is 22.0. The summed E-state index contributed by atoms with van der Waals surface area (Å²) in [4.78, 5) is 31.7. The lowest BCUT2D eigenvalue weighted by Crippen LogP contribution is -2.36. The van der Waals surface area contributed by atoms with E-state index in [4.69, 9.17) is 9.47 Å². The number of carbonyl (C=O) groups is 1. The first-order chi connectivity index (χ1) is 19.0. The highest BCUT2D eigenvalue weighted by Crippen LogP contribution is 2.32. The summed E-state index contributed by atoms with van der Waals surface area (Å²) < 4.78 is 12.0. The van der Waals surface area contributed by atoms with Crippen molar-refractivity contribution in [1.29, 1.82) is 0 Å². The molecule has 39 heavy (non-hydrogen) atoms. The second-order valence-corrected chi connectivity index (χ2v) is 9.99. The summed E-state index contributed by atoms with van der Waals surface area (Å²) in [5, 5.41) is 5.42. The minimum Gasteiger partial charge on any atom is -0.493 e. The summed E-state index contributed by atoms with van der Waals surface area (Å²) in [5.41, 5.74) is 4.77. The highest BCUT2D eigenvalue weighted by atomic mass is 32.1. The van der Waals surface area contributed by atoms with E-state index in [2.05, 4.69) is 34.6 Å². The molecule has 1 atom stereocenters. The number of thiophene rings is 1. The summed E-state index contributed by atoms with van der Waals surface area (Å²) in [6, 6.07) is 23.2. The van der Waals surface area contributed by atoms with Gasteiger partial charge in [-0.1, -0.05) is 60.7 Å². The lowest BCUT2D eigenvalue weighted by Gasteiger charge is -2.15. The van der Waals surface area contributed by atoms with Crippen LogP contribution in [-0.4, -0.2) is 36.2 Å². The number of fused-ring (bicyclic) bond motifs is 1. The average Bonchev–Trinajstić information content (AvgIpc) is 3.42. The van der Waals surface area contributed by atoms with Crippen LogP contribution in [-0.2, 0) is 11.2 Å². The molecule has 2 aromatic heterocycles. The molecule has 2 heterocycles. The second kappa shape index (κ2) is 11.5. The summed E-state index contributed by atoms with van der Waals surface area (Å²) in [5.74, 6) is 1.05. The van der Waals surface area contributed by atoms with E-state index in [0.717, 1.165) is 27.8 Å². The normalized spacial score (nSPS) is 11.8. The summed E-state index contributed by atoms with van der Waals surface area (Å²) in [7, 11) is 3.18. The highest BCUT2D eigenvalue weighted by molar-refractivity contribution is 7.17. The van der Waals surface area contributed by atoms with Crippen LogP contribution < -0.4 is 20.3 Å². The van der Waals surface area contributed by atoms with E-state index in [0.29, 0.717) is 34.7 Å². The van der Waals surface area contributed by atoms with Gasteiger partial charge in [0.1, 0.15) is 10.9 Å². The Bertz CT molecular complexity index is 1660. The van der Waals surface area contributed by atoms with Crippen molar-refractivity contribution < 1.29 is 14.3 Å². The van der Waals surface area contributed by atoms with E-state index in [9.17, 15) is 9.59 Å². The number of aromatic nitrogens is 2. The van der Waals surface area contributed by atoms with Crippen molar-refractivity contribution in [3.63, 3.8) is 0 Å². The molecule has 3 aromatic carbocycles. The molecule has 0 spiro atoms. The highest BCUT2D eigenvalue weighted by Gasteiger charge is 2.20. The molecule has 1 unspecified atom stereocenters. The molecule has 0 saturated heterocycles. The topological polar surface area (TPSA) is 82.5 Å². The second-order valence-electron chi connectivity index (χ2n) is 9.14. The molecule has 198 valence electrons. The standard InChI is InChI=1S/C31H29N3O4S/c1-20(29(35)32-16-15-21-9-14-26(37-2)27(17-21)38-3)34-19-33-30-28(31(34)36)25(18-39-30)24-12-10-23(11-13-24)22-7-5-4-6-8-22/h4-14,17-20H,15-16H2,1-3H3,(H,32,35). The van der Waals surface area contributed by atoms with E-state index >= 15 is 0 Å². The van der Waals surface area contributed by atoms with Crippen LogP contribution in [0.4, 0.5) is 0 Å². The van der Waals surface area contributed by atoms with Crippen molar-refractivity contribution in [2.75, 3.05) is 20.8 Å². The van der Waals surface area contributed by atoms with E-state index in [-0.39, 0.29) is 11.5 Å². The van der Waals surface area contributed by atoms with Crippen LogP contribution >= 0.6 is 11.3 Å². The Morgan fingerprint density at radius 2 is 1.64 bits per heavy atom. The number of nitrogens with one attached hydrogen (secondary N) is 1. The van der Waals surface area contributed by atoms with Crippen LogP contribution in [0.1, 0.15) is 18.5 Å². The molecule has 0 saturated carbocycles. The third-order valence-electron chi connectivity index (χ3n) is 6.78. The van der Waals surface area contributed by atoms with Gasteiger partial charge in [0.15, 0.2) is 11.5 Å². The Kier molecular flexibility index (Phi) is 7.74. The lowest BCUT2D eigenvalue weighted by atomic mass is 10.0. The first kappa shape index (κ1) is 26.2. The minimum atomic E-state index is -0.715. The molecular formula is C31H29N3O4S. The largest absolute Gasteiger partial charge is 0.493 e. The Morgan fingerprint density at radius 3 is 2.36 bits per heavy atom. The van der Waals surface area contributed by atoms with Crippen LogP contribution in [0.5, 0.6) is 11.5 Å². The third kappa shape index (κ3) is 5.42. The molecule has 5 rings (SSSR count). The molecule has 0 radical (unpaired) electrons. The molecule has 1 amide bonds. The van der Waals surface area contributed by atoms with Gasteiger partial charge in [0.05, 0.1) is 25.9 Å². The number of methoxy groups -OCH3 is 2. The van der Waals surface area contributed by atoms with Crippen molar-refractivity contribution in [2.45, 2.75) is 19.4 Å². The van der Waals surface area contributed by atoms with Gasteiger partial charge in [0.2, 0.25) is 5.91 Å². The van der Waals surface area contributed by atoms with Crippen LogP contribution in [0.15, 0.2) is 89.3 Å². The molecule has 7 nitrogen and oxygen atoms in total. The van der Waals surface area contributed by atoms with Crippen LogP contribution in [0.25, 0.3) is 32.5 Å². The maximum atomic E-state index is 13.6. The molecule has 0 bridgehead atoms. The molecular weight excluding hydrogens is 510 g/mol. The number of hydrogen-bond acceptors (Lipinski definition) is 6. The van der Waals surface area contributed by atoms with E-state index in [1.165, 1.54) is 22.2 Å². The number of amides is 1. The van der Waals surface area contributed by atoms with Crippen LogP contribution in [0.3, 0.4) is 0 Å². The average molecular weight is 540 g/mol. The fraction of sp³-hybridized carbons (Fsp3) is 0.194. The molecule has 1 N–H and O–H groups in total. The molecule has 0 aliphatic rings. The fourth-order valence-electron chi connectivity index (χ4n) is 4.55. The summed E-state index contributed by atoms with van der Waals surface area (Å²) in [6.07, 6.45) is 2.07. The maximum Gasteiger partial charge on any atom is 0.263 e. The van der Waals surface area contributed by atoms with E-state index < -0.39 is 6.04 Å². The Balaban J connectivity index is 1.32. The first-order valence-corrected chi connectivity index (χ1v) is 13.5. The quantitative estimate of drug-likeness (QED) is 0.259. The van der Waals surface area contributed by atoms with Gasteiger partial charge in [-0.2, -0.15) is 0 Å². The van der Waals surface area contributed by atoms with Crippen molar-refractivity contribution in [2.24, 2.45) is 0 Å². The van der Waals surface area contributed by atoms with Crippen molar-refractivity contribution in [1.82, 2.24) is 14.9 Å². The molecule has 8 heteroatoms. The molecule has 0 aliphatic carbocycles. The Morgan fingerprint density at radius 1 is 0.949 bits per heavy atom. The minimum absolute atomic E-state index is 0.231. The van der Waals surface area contributed by atoms with E-state index in [1.54, 1.807) is 21.1 Å². The third-order valence-corrected chi connectivity index (χ3v) is 7.67. The van der Waals surface area contributed by atoms with Gasteiger partial charge in [0, 0.05) is 17.5 Å². The number of hydrogen-bond donors (Lipinski definition) is 1. The predicted octanol–water partition coefficient (Wildman–Crippen LogP) is 5.73. The maximum absolute atomic E-state index is 13.6. The van der Waals surface area contributed by atoms with Gasteiger partial charge < -0.3 is 14.8 Å². The number of carbonyl (C=O) groups excluding carboxylic acids is 1. The zero-order chi connectivity index (χ0) is 27.4. The van der Waals surface area contributed by atoms with Gasteiger partial charge in [-0.25, -0.2) is 4.98 Å². The number of nitrogens with zero attached hydrogens (tertiary/aromatic N) is 2. The SMILES string of the molecule is COc1ccc(CCNC(=O)C(C)n2cnc3scc(-c4ccc(-c5ccccc5)cc4)c3c2=O)cc1OC.